The Morgan fingerprint density at radius 1 is 1.29 bits per heavy atom. The number of amides is 2. The van der Waals surface area contributed by atoms with Crippen LogP contribution >= 0.6 is 23.2 Å². The molecule has 0 bridgehead atoms. The van der Waals surface area contributed by atoms with E-state index in [1.165, 1.54) is 23.3 Å². The minimum Gasteiger partial charge on any atom is -0.459 e. The summed E-state index contributed by atoms with van der Waals surface area (Å²) in [6.45, 7) is 0.501. The molecule has 3 rings (SSSR count). The number of anilines is 2. The van der Waals surface area contributed by atoms with E-state index in [0.29, 0.717) is 18.7 Å². The van der Waals surface area contributed by atoms with Crippen LogP contribution in [-0.2, 0) is 4.79 Å². The van der Waals surface area contributed by atoms with Crippen LogP contribution in [0.1, 0.15) is 23.4 Å². The molecule has 1 aromatic carbocycles. The van der Waals surface area contributed by atoms with Gasteiger partial charge in [0.2, 0.25) is 5.91 Å². The van der Waals surface area contributed by atoms with Gasteiger partial charge in [0.05, 0.1) is 22.0 Å². The molecule has 1 saturated heterocycles. The normalized spacial score (nSPS) is 17.1. The van der Waals surface area contributed by atoms with Crippen LogP contribution in [0.15, 0.2) is 34.9 Å². The average Bonchev–Trinajstić information content (AvgIpc) is 3.22. The Hall–Kier alpha value is -2.18. The number of likely N-dealkylation sites (tertiary alicyclic amines) is 1. The average molecular weight is 368 g/mol. The van der Waals surface area contributed by atoms with Crippen LogP contribution in [0.25, 0.3) is 0 Å². The van der Waals surface area contributed by atoms with E-state index in [0.717, 1.165) is 6.42 Å². The maximum atomic E-state index is 12.6. The predicted octanol–water partition coefficient (Wildman–Crippen LogP) is 3.41. The molecule has 0 saturated carbocycles. The summed E-state index contributed by atoms with van der Waals surface area (Å²) < 4.78 is 5.13. The maximum Gasteiger partial charge on any atom is 0.290 e. The summed E-state index contributed by atoms with van der Waals surface area (Å²) in [4.78, 5) is 26.5. The highest BCUT2D eigenvalue weighted by atomic mass is 35.5. The Morgan fingerprint density at radius 3 is 2.62 bits per heavy atom. The minimum absolute atomic E-state index is 0.216. The van der Waals surface area contributed by atoms with Crippen LogP contribution < -0.4 is 11.1 Å². The second kappa shape index (κ2) is 6.75. The van der Waals surface area contributed by atoms with Gasteiger partial charge in [0.25, 0.3) is 5.91 Å². The van der Waals surface area contributed by atoms with Gasteiger partial charge < -0.3 is 20.4 Å². The smallest absolute Gasteiger partial charge is 0.290 e. The number of nitrogen functional groups attached to an aromatic ring is 1. The zero-order chi connectivity index (χ0) is 17.3. The summed E-state index contributed by atoms with van der Waals surface area (Å²) in [6.07, 6.45) is 2.75. The van der Waals surface area contributed by atoms with Crippen molar-refractivity contribution in [3.8, 4) is 0 Å². The van der Waals surface area contributed by atoms with Gasteiger partial charge in [0.15, 0.2) is 5.76 Å². The molecule has 1 aliphatic heterocycles. The maximum absolute atomic E-state index is 12.6. The minimum atomic E-state index is -0.572. The summed E-state index contributed by atoms with van der Waals surface area (Å²) in [6, 6.07) is 5.69. The van der Waals surface area contributed by atoms with E-state index < -0.39 is 6.04 Å². The van der Waals surface area contributed by atoms with Crippen LogP contribution in [0.4, 0.5) is 11.4 Å². The Morgan fingerprint density at radius 2 is 2.00 bits per heavy atom. The molecule has 6 nitrogen and oxygen atoms in total. The number of carbonyl (C=O) groups is 2. The highest BCUT2D eigenvalue weighted by molar-refractivity contribution is 6.39. The molecule has 24 heavy (non-hydrogen) atoms. The zero-order valence-electron chi connectivity index (χ0n) is 12.6. The number of halogens is 2. The van der Waals surface area contributed by atoms with Crippen molar-refractivity contribution in [1.82, 2.24) is 4.90 Å². The Balaban J connectivity index is 1.75. The van der Waals surface area contributed by atoms with Crippen molar-refractivity contribution in [3.05, 3.63) is 46.3 Å². The van der Waals surface area contributed by atoms with Gasteiger partial charge in [-0.1, -0.05) is 23.2 Å². The second-order valence-electron chi connectivity index (χ2n) is 5.48. The second-order valence-corrected chi connectivity index (χ2v) is 6.29. The Bertz CT molecular complexity index is 754. The Kier molecular flexibility index (Phi) is 4.69. The third kappa shape index (κ3) is 3.20. The van der Waals surface area contributed by atoms with Gasteiger partial charge in [-0.25, -0.2) is 0 Å². The predicted molar refractivity (Wildman–Crippen MR) is 92.3 cm³/mol. The number of nitrogens with one attached hydrogen (secondary N) is 1. The molecule has 8 heteroatoms. The highest BCUT2D eigenvalue weighted by Crippen LogP contribution is 2.31. The first-order chi connectivity index (χ1) is 11.5. The topological polar surface area (TPSA) is 88.6 Å². The zero-order valence-corrected chi connectivity index (χ0v) is 14.1. The van der Waals surface area contributed by atoms with Crippen LogP contribution in [0.5, 0.6) is 0 Å². The highest BCUT2D eigenvalue weighted by Gasteiger charge is 2.35. The van der Waals surface area contributed by atoms with E-state index in [1.54, 1.807) is 12.1 Å². The number of hydrogen-bond donors (Lipinski definition) is 2. The molecule has 0 aliphatic carbocycles. The number of nitrogens with zero attached hydrogens (tertiary/aromatic N) is 1. The molecule has 0 radical (unpaired) electrons. The molecular weight excluding hydrogens is 353 g/mol. The molecule has 0 unspecified atom stereocenters. The lowest BCUT2D eigenvalue weighted by atomic mass is 10.2. The van der Waals surface area contributed by atoms with Crippen LogP contribution in [0.3, 0.4) is 0 Å². The van der Waals surface area contributed by atoms with Crippen molar-refractivity contribution in [2.45, 2.75) is 18.9 Å². The molecule has 2 amide bonds. The van der Waals surface area contributed by atoms with Crippen molar-refractivity contribution in [3.63, 3.8) is 0 Å². The third-order valence-electron chi connectivity index (χ3n) is 3.89. The molecule has 1 aromatic heterocycles. The SMILES string of the molecule is Nc1c(Cl)cc(NC(=O)[C@H]2CCCN2C(=O)c2ccco2)cc1Cl. The third-order valence-corrected chi connectivity index (χ3v) is 4.52. The lowest BCUT2D eigenvalue weighted by Crippen LogP contribution is -2.43. The van der Waals surface area contributed by atoms with Crippen molar-refractivity contribution in [2.24, 2.45) is 0 Å². The number of nitrogens with two attached hydrogens (primary N) is 1. The van der Waals surface area contributed by atoms with E-state index in [2.05, 4.69) is 5.32 Å². The van der Waals surface area contributed by atoms with E-state index in [1.807, 2.05) is 0 Å². The quantitative estimate of drug-likeness (QED) is 0.813. The molecule has 1 fully saturated rings. The van der Waals surface area contributed by atoms with Gasteiger partial charge in [-0.05, 0) is 37.1 Å². The van der Waals surface area contributed by atoms with Gasteiger partial charge in [-0.3, -0.25) is 9.59 Å². The summed E-state index contributed by atoms with van der Waals surface area (Å²) in [5.74, 6) is -0.386. The summed E-state index contributed by atoms with van der Waals surface area (Å²) in [7, 11) is 0. The van der Waals surface area contributed by atoms with Crippen molar-refractivity contribution in [2.75, 3.05) is 17.6 Å². The fraction of sp³-hybridized carbons (Fsp3) is 0.250. The number of hydrogen-bond acceptors (Lipinski definition) is 4. The van der Waals surface area contributed by atoms with E-state index in [9.17, 15) is 9.59 Å². The standard InChI is InChI=1S/C16H15Cl2N3O3/c17-10-7-9(8-11(18)14(10)19)20-15(22)12-3-1-5-21(12)16(23)13-4-2-6-24-13/h2,4,6-8,12H,1,3,5,19H2,(H,20,22)/t12-/m1/s1. The summed E-state index contributed by atoms with van der Waals surface area (Å²) >= 11 is 11.9. The first-order valence-corrected chi connectivity index (χ1v) is 8.13. The fourth-order valence-corrected chi connectivity index (χ4v) is 3.19. The van der Waals surface area contributed by atoms with E-state index in [-0.39, 0.29) is 33.3 Å². The lowest BCUT2D eigenvalue weighted by molar-refractivity contribution is -0.119. The lowest BCUT2D eigenvalue weighted by Gasteiger charge is -2.23. The van der Waals surface area contributed by atoms with E-state index >= 15 is 0 Å². The Labute approximate surface area is 148 Å². The van der Waals surface area contributed by atoms with Gasteiger partial charge in [0, 0.05) is 12.2 Å². The van der Waals surface area contributed by atoms with Crippen molar-refractivity contribution in [1.29, 1.82) is 0 Å². The summed E-state index contributed by atoms with van der Waals surface area (Å²) in [5, 5.41) is 3.25. The molecule has 0 spiro atoms. The van der Waals surface area contributed by atoms with Crippen LogP contribution in [-0.4, -0.2) is 29.3 Å². The van der Waals surface area contributed by atoms with Gasteiger partial charge in [-0.15, -0.1) is 0 Å². The molecule has 1 atom stereocenters. The number of furan rings is 1. The molecule has 2 aromatic rings. The van der Waals surface area contributed by atoms with Gasteiger partial charge in [0.1, 0.15) is 6.04 Å². The molecule has 2 heterocycles. The van der Waals surface area contributed by atoms with Crippen LogP contribution in [0.2, 0.25) is 10.0 Å². The molecular formula is C16H15Cl2N3O3. The monoisotopic (exact) mass is 367 g/mol. The molecule has 126 valence electrons. The van der Waals surface area contributed by atoms with Crippen molar-refractivity contribution < 1.29 is 14.0 Å². The van der Waals surface area contributed by atoms with Gasteiger partial charge in [-0.2, -0.15) is 0 Å². The molecule has 3 N–H and O–H groups in total. The van der Waals surface area contributed by atoms with Gasteiger partial charge >= 0.3 is 0 Å². The number of carbonyl (C=O) groups excluding carboxylic acids is 2. The number of benzene rings is 1. The number of rotatable bonds is 3. The van der Waals surface area contributed by atoms with Crippen molar-refractivity contribution >= 4 is 46.4 Å². The summed E-state index contributed by atoms with van der Waals surface area (Å²) in [5.41, 5.74) is 6.37. The van der Waals surface area contributed by atoms with Crippen LogP contribution in [0, 0.1) is 0 Å². The first kappa shape index (κ1) is 16.7. The van der Waals surface area contributed by atoms with E-state index in [4.69, 9.17) is 33.4 Å². The fourth-order valence-electron chi connectivity index (χ4n) is 2.71. The largest absolute Gasteiger partial charge is 0.459 e. The first-order valence-electron chi connectivity index (χ1n) is 7.37. The molecule has 1 aliphatic rings.